The van der Waals surface area contributed by atoms with Crippen LogP contribution in [-0.4, -0.2) is 23.5 Å². The predicted octanol–water partition coefficient (Wildman–Crippen LogP) is 1.19. The van der Waals surface area contributed by atoms with Gasteiger partial charge in [0.25, 0.3) is 0 Å². The Morgan fingerprint density at radius 3 is 2.67 bits per heavy atom. The second kappa shape index (κ2) is 3.21. The summed E-state index contributed by atoms with van der Waals surface area (Å²) in [6, 6.07) is 1.10. The maximum Gasteiger partial charge on any atom is 0.225 e. The van der Waals surface area contributed by atoms with Crippen molar-refractivity contribution in [3.05, 3.63) is 0 Å². The van der Waals surface area contributed by atoms with Crippen molar-refractivity contribution in [1.29, 1.82) is 0 Å². The molecule has 1 amide bonds. The molecule has 2 bridgehead atoms. The van der Waals surface area contributed by atoms with Gasteiger partial charge in [-0.3, -0.25) is 4.79 Å². The molecule has 2 heterocycles. The highest BCUT2D eigenvalue weighted by molar-refractivity contribution is 5.81. The summed E-state index contributed by atoms with van der Waals surface area (Å²) in [5.74, 6) is 0.554. The fourth-order valence-corrected chi connectivity index (χ4v) is 3.34. The smallest absolute Gasteiger partial charge is 0.225 e. The van der Waals surface area contributed by atoms with E-state index in [-0.39, 0.29) is 11.5 Å². The highest BCUT2D eigenvalue weighted by Gasteiger charge is 2.44. The number of nitrogens with one attached hydrogen (secondary N) is 2. The lowest BCUT2D eigenvalue weighted by Gasteiger charge is -2.40. The van der Waals surface area contributed by atoms with E-state index in [1.807, 2.05) is 0 Å². The summed E-state index contributed by atoms with van der Waals surface area (Å²) in [6.45, 7) is 2.18. The Morgan fingerprint density at radius 2 is 2.20 bits per heavy atom. The van der Waals surface area contributed by atoms with Crippen molar-refractivity contribution in [2.75, 3.05) is 0 Å². The van der Waals surface area contributed by atoms with Crippen molar-refractivity contribution < 1.29 is 4.79 Å². The SMILES string of the molecule is CC1(NC(=O)C2CC3CCC2N3)CCC1. The Labute approximate surface area is 91.0 Å². The zero-order chi connectivity index (χ0) is 10.5. The molecule has 1 saturated carbocycles. The van der Waals surface area contributed by atoms with Crippen molar-refractivity contribution in [1.82, 2.24) is 10.6 Å². The van der Waals surface area contributed by atoms with Gasteiger partial charge in [-0.05, 0) is 45.4 Å². The third-order valence-corrected chi connectivity index (χ3v) is 4.52. The molecule has 84 valence electrons. The van der Waals surface area contributed by atoms with E-state index in [1.165, 1.54) is 19.3 Å². The van der Waals surface area contributed by atoms with Crippen LogP contribution in [0.15, 0.2) is 0 Å². The topological polar surface area (TPSA) is 41.1 Å². The lowest BCUT2D eigenvalue weighted by molar-refractivity contribution is -0.128. The van der Waals surface area contributed by atoms with Gasteiger partial charge < -0.3 is 10.6 Å². The van der Waals surface area contributed by atoms with E-state index in [0.717, 1.165) is 19.3 Å². The standard InChI is InChI=1S/C12H20N2O/c1-12(5-2-6-12)14-11(15)9-7-8-3-4-10(9)13-8/h8-10,13H,2-7H2,1H3,(H,14,15). The Kier molecular flexibility index (Phi) is 2.06. The summed E-state index contributed by atoms with van der Waals surface area (Å²) in [7, 11) is 0. The highest BCUT2D eigenvalue weighted by atomic mass is 16.2. The van der Waals surface area contributed by atoms with Crippen LogP contribution in [0.2, 0.25) is 0 Å². The van der Waals surface area contributed by atoms with Gasteiger partial charge in [0, 0.05) is 17.6 Å². The monoisotopic (exact) mass is 208 g/mol. The molecule has 3 rings (SSSR count). The number of hydrogen-bond donors (Lipinski definition) is 2. The zero-order valence-electron chi connectivity index (χ0n) is 9.38. The van der Waals surface area contributed by atoms with Gasteiger partial charge in [-0.2, -0.15) is 0 Å². The van der Waals surface area contributed by atoms with Crippen LogP contribution in [0.3, 0.4) is 0 Å². The third-order valence-electron chi connectivity index (χ3n) is 4.52. The average molecular weight is 208 g/mol. The van der Waals surface area contributed by atoms with E-state index >= 15 is 0 Å². The first-order valence-corrected chi connectivity index (χ1v) is 6.24. The molecule has 3 fully saturated rings. The number of fused-ring (bicyclic) bond motifs is 2. The van der Waals surface area contributed by atoms with Crippen LogP contribution in [-0.2, 0) is 4.79 Å². The quantitative estimate of drug-likeness (QED) is 0.715. The first-order chi connectivity index (χ1) is 7.16. The average Bonchev–Trinajstić information content (AvgIpc) is 2.75. The van der Waals surface area contributed by atoms with Gasteiger partial charge in [-0.25, -0.2) is 0 Å². The third kappa shape index (κ3) is 1.57. The molecule has 1 aliphatic carbocycles. The number of hydrogen-bond acceptors (Lipinski definition) is 2. The Hall–Kier alpha value is -0.570. The summed E-state index contributed by atoms with van der Waals surface area (Å²) >= 11 is 0. The predicted molar refractivity (Wildman–Crippen MR) is 58.5 cm³/mol. The highest BCUT2D eigenvalue weighted by Crippen LogP contribution is 2.36. The second-order valence-corrected chi connectivity index (χ2v) is 5.79. The number of carbonyl (C=O) groups is 1. The molecule has 0 spiro atoms. The molecule has 3 aliphatic rings. The molecular weight excluding hydrogens is 188 g/mol. The van der Waals surface area contributed by atoms with Gasteiger partial charge in [0.05, 0.1) is 5.92 Å². The van der Waals surface area contributed by atoms with Gasteiger partial charge in [-0.15, -0.1) is 0 Å². The van der Waals surface area contributed by atoms with E-state index in [2.05, 4.69) is 17.6 Å². The Morgan fingerprint density at radius 1 is 1.40 bits per heavy atom. The van der Waals surface area contributed by atoms with Crippen LogP contribution in [0.4, 0.5) is 0 Å². The van der Waals surface area contributed by atoms with Gasteiger partial charge in [0.2, 0.25) is 5.91 Å². The van der Waals surface area contributed by atoms with E-state index < -0.39 is 0 Å². The van der Waals surface area contributed by atoms with E-state index in [0.29, 0.717) is 18.0 Å². The first-order valence-electron chi connectivity index (χ1n) is 6.24. The fourth-order valence-electron chi connectivity index (χ4n) is 3.34. The normalized spacial score (nSPS) is 41.3. The molecule has 0 aromatic carbocycles. The summed E-state index contributed by atoms with van der Waals surface area (Å²) in [5.41, 5.74) is 0.124. The largest absolute Gasteiger partial charge is 0.351 e. The minimum absolute atomic E-state index is 0.124. The number of rotatable bonds is 2. The molecule has 2 N–H and O–H groups in total. The van der Waals surface area contributed by atoms with Crippen LogP contribution < -0.4 is 10.6 Å². The van der Waals surface area contributed by atoms with Crippen molar-refractivity contribution in [2.45, 2.75) is 63.1 Å². The summed E-state index contributed by atoms with van der Waals surface area (Å²) in [5, 5.41) is 6.76. The zero-order valence-corrected chi connectivity index (χ0v) is 9.38. The molecule has 0 aromatic rings. The summed E-state index contributed by atoms with van der Waals surface area (Å²) in [6.07, 6.45) is 7.11. The van der Waals surface area contributed by atoms with Crippen LogP contribution in [0.1, 0.15) is 45.4 Å². The first kappa shape index (κ1) is 9.64. The van der Waals surface area contributed by atoms with Gasteiger partial charge >= 0.3 is 0 Å². The lowest BCUT2D eigenvalue weighted by Crippen LogP contribution is -2.54. The summed E-state index contributed by atoms with van der Waals surface area (Å²) in [4.78, 5) is 12.1. The number of carbonyl (C=O) groups excluding carboxylic acids is 1. The molecule has 3 unspecified atom stereocenters. The molecule has 3 heteroatoms. The lowest BCUT2D eigenvalue weighted by atomic mass is 9.77. The molecule has 3 nitrogen and oxygen atoms in total. The second-order valence-electron chi connectivity index (χ2n) is 5.79. The maximum absolute atomic E-state index is 12.1. The van der Waals surface area contributed by atoms with E-state index in [1.54, 1.807) is 0 Å². The summed E-state index contributed by atoms with van der Waals surface area (Å²) < 4.78 is 0. The molecule has 15 heavy (non-hydrogen) atoms. The number of amides is 1. The fraction of sp³-hybridized carbons (Fsp3) is 0.917. The van der Waals surface area contributed by atoms with Crippen molar-refractivity contribution in [2.24, 2.45) is 5.92 Å². The Balaban J connectivity index is 1.60. The van der Waals surface area contributed by atoms with Crippen LogP contribution in [0.5, 0.6) is 0 Å². The van der Waals surface area contributed by atoms with Gasteiger partial charge in [0.15, 0.2) is 0 Å². The van der Waals surface area contributed by atoms with Crippen LogP contribution >= 0.6 is 0 Å². The molecule has 3 atom stereocenters. The van der Waals surface area contributed by atoms with Crippen molar-refractivity contribution in [3.8, 4) is 0 Å². The minimum atomic E-state index is 0.124. The van der Waals surface area contributed by atoms with Crippen molar-refractivity contribution in [3.63, 3.8) is 0 Å². The van der Waals surface area contributed by atoms with Crippen LogP contribution in [0, 0.1) is 5.92 Å². The molecule has 0 aromatic heterocycles. The van der Waals surface area contributed by atoms with Gasteiger partial charge in [0.1, 0.15) is 0 Å². The molecule has 2 aliphatic heterocycles. The molecule has 0 radical (unpaired) electrons. The minimum Gasteiger partial charge on any atom is -0.351 e. The van der Waals surface area contributed by atoms with Crippen molar-refractivity contribution >= 4 is 5.91 Å². The Bertz CT molecular complexity index is 285. The molecular formula is C12H20N2O. The van der Waals surface area contributed by atoms with Gasteiger partial charge in [-0.1, -0.05) is 0 Å². The maximum atomic E-state index is 12.1. The van der Waals surface area contributed by atoms with E-state index in [4.69, 9.17) is 0 Å². The van der Waals surface area contributed by atoms with Crippen LogP contribution in [0.25, 0.3) is 0 Å². The van der Waals surface area contributed by atoms with E-state index in [9.17, 15) is 4.79 Å². The molecule has 2 saturated heterocycles.